The summed E-state index contributed by atoms with van der Waals surface area (Å²) in [6.07, 6.45) is 0. The Hall–Kier alpha value is -1.80. The fraction of sp³-hybridized carbons (Fsp3) is 0.294. The van der Waals surface area contributed by atoms with E-state index >= 15 is 0 Å². The highest BCUT2D eigenvalue weighted by Crippen LogP contribution is 2.26. The quantitative estimate of drug-likeness (QED) is 0.887. The molecule has 100 valence electrons. The van der Waals surface area contributed by atoms with E-state index in [1.54, 1.807) is 0 Å². The molecular formula is C17H22N2. The molecule has 19 heavy (non-hydrogen) atoms. The Balaban J connectivity index is 2.28. The average molecular weight is 254 g/mol. The van der Waals surface area contributed by atoms with Crippen LogP contribution in [0.1, 0.15) is 31.0 Å². The molecule has 1 unspecified atom stereocenters. The summed E-state index contributed by atoms with van der Waals surface area (Å²) in [4.78, 5) is 2.30. The Bertz CT molecular complexity index is 512. The van der Waals surface area contributed by atoms with Gasteiger partial charge in [0.2, 0.25) is 0 Å². The molecule has 0 saturated heterocycles. The number of nitrogens with zero attached hydrogens (tertiary/aromatic N) is 1. The molecule has 0 aliphatic carbocycles. The second kappa shape index (κ2) is 5.89. The highest BCUT2D eigenvalue weighted by Gasteiger charge is 2.07. The van der Waals surface area contributed by atoms with Crippen LogP contribution in [0.5, 0.6) is 0 Å². The smallest absolute Gasteiger partial charge is 0.0410 e. The normalized spacial score (nSPS) is 12.2. The van der Waals surface area contributed by atoms with Gasteiger partial charge in [-0.15, -0.1) is 0 Å². The van der Waals surface area contributed by atoms with E-state index in [2.05, 4.69) is 67.3 Å². The second-order valence-corrected chi connectivity index (χ2v) is 4.96. The molecule has 2 heteroatoms. The highest BCUT2D eigenvalue weighted by atomic mass is 15.1. The van der Waals surface area contributed by atoms with Gasteiger partial charge in [-0.3, -0.25) is 0 Å². The standard InChI is InChI=1S/C17H22N2/c1-4-19(16-9-5-13(2)6-10-16)17-11-7-15(8-12-17)14(3)18/h5-12,14H,4,18H2,1-3H3. The minimum absolute atomic E-state index is 0.0866. The lowest BCUT2D eigenvalue weighted by atomic mass is 10.1. The maximum absolute atomic E-state index is 5.89. The number of rotatable bonds is 4. The summed E-state index contributed by atoms with van der Waals surface area (Å²) >= 11 is 0. The minimum Gasteiger partial charge on any atom is -0.342 e. The van der Waals surface area contributed by atoms with E-state index in [1.165, 1.54) is 22.5 Å². The first-order chi connectivity index (χ1) is 9.11. The fourth-order valence-corrected chi connectivity index (χ4v) is 2.20. The lowest BCUT2D eigenvalue weighted by Crippen LogP contribution is -2.16. The lowest BCUT2D eigenvalue weighted by Gasteiger charge is -2.24. The van der Waals surface area contributed by atoms with Crippen molar-refractivity contribution in [2.75, 3.05) is 11.4 Å². The van der Waals surface area contributed by atoms with Gasteiger partial charge in [-0.05, 0) is 50.6 Å². The Morgan fingerprint density at radius 1 is 0.947 bits per heavy atom. The van der Waals surface area contributed by atoms with Gasteiger partial charge >= 0.3 is 0 Å². The van der Waals surface area contributed by atoms with Crippen LogP contribution < -0.4 is 10.6 Å². The van der Waals surface area contributed by atoms with E-state index in [4.69, 9.17) is 5.73 Å². The van der Waals surface area contributed by atoms with Gasteiger partial charge in [0.1, 0.15) is 0 Å². The first-order valence-electron chi connectivity index (χ1n) is 6.81. The number of aryl methyl sites for hydroxylation is 1. The predicted molar refractivity (Wildman–Crippen MR) is 82.9 cm³/mol. The van der Waals surface area contributed by atoms with Crippen LogP contribution in [0.25, 0.3) is 0 Å². The summed E-state index contributed by atoms with van der Waals surface area (Å²) in [5.41, 5.74) is 10.8. The summed E-state index contributed by atoms with van der Waals surface area (Å²) in [7, 11) is 0. The molecule has 0 bridgehead atoms. The third-order valence-electron chi connectivity index (χ3n) is 3.39. The van der Waals surface area contributed by atoms with Gasteiger partial charge in [0.15, 0.2) is 0 Å². The molecule has 2 aromatic carbocycles. The summed E-state index contributed by atoms with van der Waals surface area (Å²) in [6.45, 7) is 7.23. The third-order valence-corrected chi connectivity index (χ3v) is 3.39. The van der Waals surface area contributed by atoms with Crippen LogP contribution in [0.15, 0.2) is 48.5 Å². The monoisotopic (exact) mass is 254 g/mol. The minimum atomic E-state index is 0.0866. The van der Waals surface area contributed by atoms with Crippen LogP contribution in [0.2, 0.25) is 0 Å². The molecule has 2 aromatic rings. The zero-order valence-electron chi connectivity index (χ0n) is 11.9. The molecule has 2 nitrogen and oxygen atoms in total. The molecular weight excluding hydrogens is 232 g/mol. The van der Waals surface area contributed by atoms with Crippen molar-refractivity contribution in [1.29, 1.82) is 0 Å². The van der Waals surface area contributed by atoms with E-state index in [1.807, 2.05) is 6.92 Å². The topological polar surface area (TPSA) is 29.3 Å². The molecule has 2 N–H and O–H groups in total. The largest absolute Gasteiger partial charge is 0.342 e. The van der Waals surface area contributed by atoms with Crippen LogP contribution in [-0.4, -0.2) is 6.54 Å². The molecule has 0 aromatic heterocycles. The van der Waals surface area contributed by atoms with Gasteiger partial charge < -0.3 is 10.6 Å². The van der Waals surface area contributed by atoms with Crippen molar-refractivity contribution in [3.63, 3.8) is 0 Å². The number of hydrogen-bond donors (Lipinski definition) is 1. The van der Waals surface area contributed by atoms with Crippen molar-refractivity contribution < 1.29 is 0 Å². The first-order valence-corrected chi connectivity index (χ1v) is 6.81. The maximum Gasteiger partial charge on any atom is 0.0410 e. The van der Waals surface area contributed by atoms with E-state index < -0.39 is 0 Å². The maximum atomic E-state index is 5.89. The zero-order chi connectivity index (χ0) is 13.8. The lowest BCUT2D eigenvalue weighted by molar-refractivity contribution is 0.818. The van der Waals surface area contributed by atoms with Crippen molar-refractivity contribution in [2.45, 2.75) is 26.8 Å². The number of benzene rings is 2. The molecule has 0 heterocycles. The molecule has 0 saturated carbocycles. The van der Waals surface area contributed by atoms with Crippen LogP contribution >= 0.6 is 0 Å². The fourth-order valence-electron chi connectivity index (χ4n) is 2.20. The third kappa shape index (κ3) is 3.15. The predicted octanol–water partition coefficient (Wildman–Crippen LogP) is 4.17. The van der Waals surface area contributed by atoms with Gasteiger partial charge in [-0.25, -0.2) is 0 Å². The summed E-state index contributed by atoms with van der Waals surface area (Å²) in [5, 5.41) is 0. The Morgan fingerprint density at radius 2 is 1.42 bits per heavy atom. The molecule has 2 rings (SSSR count). The van der Waals surface area contributed by atoms with Crippen LogP contribution in [0, 0.1) is 6.92 Å². The molecule has 0 aliphatic heterocycles. The van der Waals surface area contributed by atoms with E-state index in [0.29, 0.717) is 0 Å². The summed E-state index contributed by atoms with van der Waals surface area (Å²) < 4.78 is 0. The summed E-state index contributed by atoms with van der Waals surface area (Å²) in [5.74, 6) is 0. The van der Waals surface area contributed by atoms with Crippen molar-refractivity contribution >= 4 is 11.4 Å². The summed E-state index contributed by atoms with van der Waals surface area (Å²) in [6, 6.07) is 17.2. The SMILES string of the molecule is CCN(c1ccc(C)cc1)c1ccc(C(C)N)cc1. The molecule has 1 atom stereocenters. The van der Waals surface area contributed by atoms with Crippen molar-refractivity contribution in [2.24, 2.45) is 5.73 Å². The number of hydrogen-bond acceptors (Lipinski definition) is 2. The first kappa shape index (κ1) is 13.6. The highest BCUT2D eigenvalue weighted by molar-refractivity contribution is 5.63. The van der Waals surface area contributed by atoms with Gasteiger partial charge in [-0.1, -0.05) is 29.8 Å². The van der Waals surface area contributed by atoms with Crippen molar-refractivity contribution in [3.05, 3.63) is 59.7 Å². The van der Waals surface area contributed by atoms with Crippen LogP contribution in [0.3, 0.4) is 0 Å². The van der Waals surface area contributed by atoms with Gasteiger partial charge in [-0.2, -0.15) is 0 Å². The number of nitrogens with two attached hydrogens (primary N) is 1. The molecule has 0 aliphatic rings. The number of anilines is 2. The molecule has 0 amide bonds. The molecule has 0 spiro atoms. The Kier molecular flexibility index (Phi) is 4.23. The van der Waals surface area contributed by atoms with E-state index in [9.17, 15) is 0 Å². The van der Waals surface area contributed by atoms with Crippen molar-refractivity contribution in [1.82, 2.24) is 0 Å². The average Bonchev–Trinajstić information content (AvgIpc) is 2.42. The molecule has 0 fully saturated rings. The van der Waals surface area contributed by atoms with Gasteiger partial charge in [0.25, 0.3) is 0 Å². The van der Waals surface area contributed by atoms with Gasteiger partial charge in [0, 0.05) is 24.0 Å². The van der Waals surface area contributed by atoms with Gasteiger partial charge in [0.05, 0.1) is 0 Å². The van der Waals surface area contributed by atoms with Crippen LogP contribution in [0.4, 0.5) is 11.4 Å². The van der Waals surface area contributed by atoms with E-state index in [0.717, 1.165) is 6.54 Å². The second-order valence-electron chi connectivity index (χ2n) is 4.96. The molecule has 0 radical (unpaired) electrons. The van der Waals surface area contributed by atoms with Crippen LogP contribution in [-0.2, 0) is 0 Å². The Labute approximate surface area is 115 Å². The Morgan fingerprint density at radius 3 is 1.84 bits per heavy atom. The van der Waals surface area contributed by atoms with E-state index in [-0.39, 0.29) is 6.04 Å². The zero-order valence-corrected chi connectivity index (χ0v) is 11.9. The van der Waals surface area contributed by atoms with Crippen molar-refractivity contribution in [3.8, 4) is 0 Å².